The number of primary amides is 1. The first-order valence-electron chi connectivity index (χ1n) is 10.8. The van der Waals surface area contributed by atoms with Gasteiger partial charge in [0, 0.05) is 18.7 Å². The summed E-state index contributed by atoms with van der Waals surface area (Å²) in [6.07, 6.45) is 0.135. The minimum atomic E-state index is -0.897. The van der Waals surface area contributed by atoms with Gasteiger partial charge in [-0.3, -0.25) is 4.79 Å². The van der Waals surface area contributed by atoms with E-state index in [1.807, 2.05) is 31.2 Å². The van der Waals surface area contributed by atoms with E-state index in [1.165, 1.54) is 30.3 Å². The molecule has 0 saturated carbocycles. The standard InChI is InChI=1S/C26H29FN2O4/c1-16(29-15-25(32)20-12-22(30)14-23(31)13-20)9-18-3-2-4-19(10-18)24(26(28)33)11-17-5-7-21(27)8-6-17/h2-8,10,12-14,16,24-25,29-32H,9,11,15H2,1H3,(H2,28,33). The molecule has 0 spiro atoms. The topological polar surface area (TPSA) is 116 Å². The highest BCUT2D eigenvalue weighted by Crippen LogP contribution is 2.25. The van der Waals surface area contributed by atoms with Crippen LogP contribution in [0, 0.1) is 5.82 Å². The van der Waals surface area contributed by atoms with Crippen LogP contribution >= 0.6 is 0 Å². The van der Waals surface area contributed by atoms with Crippen LogP contribution in [-0.2, 0) is 17.6 Å². The van der Waals surface area contributed by atoms with Gasteiger partial charge in [-0.2, -0.15) is 0 Å². The van der Waals surface area contributed by atoms with Crippen LogP contribution in [0.25, 0.3) is 0 Å². The van der Waals surface area contributed by atoms with Gasteiger partial charge in [-0.1, -0.05) is 36.4 Å². The summed E-state index contributed by atoms with van der Waals surface area (Å²) in [6, 6.07) is 17.7. The van der Waals surface area contributed by atoms with Crippen LogP contribution in [0.2, 0.25) is 0 Å². The normalized spacial score (nSPS) is 13.9. The maximum absolute atomic E-state index is 13.2. The van der Waals surface area contributed by atoms with Gasteiger partial charge in [-0.25, -0.2) is 4.39 Å². The van der Waals surface area contributed by atoms with Crippen LogP contribution in [0.15, 0.2) is 66.7 Å². The summed E-state index contributed by atoms with van der Waals surface area (Å²) in [6.45, 7) is 2.21. The highest BCUT2D eigenvalue weighted by atomic mass is 19.1. The number of aromatic hydroxyl groups is 2. The molecule has 0 radical (unpaired) electrons. The Hall–Kier alpha value is -3.42. The lowest BCUT2D eigenvalue weighted by molar-refractivity contribution is -0.119. The molecular formula is C26H29FN2O4. The van der Waals surface area contributed by atoms with Gasteiger partial charge in [-0.15, -0.1) is 0 Å². The van der Waals surface area contributed by atoms with Crippen LogP contribution in [0.4, 0.5) is 4.39 Å². The molecule has 0 fully saturated rings. The van der Waals surface area contributed by atoms with Crippen molar-refractivity contribution in [2.75, 3.05) is 6.54 Å². The molecule has 1 amide bonds. The lowest BCUT2D eigenvalue weighted by atomic mass is 9.89. The quantitative estimate of drug-likeness (QED) is 0.324. The Morgan fingerprint density at radius 3 is 2.24 bits per heavy atom. The van der Waals surface area contributed by atoms with Crippen LogP contribution < -0.4 is 11.1 Å². The van der Waals surface area contributed by atoms with Crippen molar-refractivity contribution in [2.45, 2.75) is 37.8 Å². The fraction of sp³-hybridized carbons (Fsp3) is 0.269. The summed E-state index contributed by atoms with van der Waals surface area (Å²) in [5.41, 5.74) is 8.71. The maximum Gasteiger partial charge on any atom is 0.225 e. The molecule has 7 heteroatoms. The molecule has 0 aromatic heterocycles. The largest absolute Gasteiger partial charge is 0.508 e. The second-order valence-corrected chi connectivity index (χ2v) is 8.34. The Balaban J connectivity index is 1.63. The van der Waals surface area contributed by atoms with E-state index in [0.717, 1.165) is 16.7 Å². The number of halogens is 1. The summed E-state index contributed by atoms with van der Waals surface area (Å²) in [5, 5.41) is 32.8. The third kappa shape index (κ3) is 7.03. The SMILES string of the molecule is CC(Cc1cccc(C(Cc2ccc(F)cc2)C(N)=O)c1)NCC(O)c1cc(O)cc(O)c1. The van der Waals surface area contributed by atoms with E-state index >= 15 is 0 Å². The second-order valence-electron chi connectivity index (χ2n) is 8.34. The first-order chi connectivity index (χ1) is 15.7. The molecule has 3 rings (SSSR count). The predicted molar refractivity (Wildman–Crippen MR) is 124 cm³/mol. The molecule has 0 bridgehead atoms. The molecule has 3 aromatic rings. The fourth-order valence-electron chi connectivity index (χ4n) is 3.84. The van der Waals surface area contributed by atoms with Gasteiger partial charge < -0.3 is 26.4 Å². The summed E-state index contributed by atoms with van der Waals surface area (Å²) in [4.78, 5) is 12.1. The van der Waals surface area contributed by atoms with Gasteiger partial charge in [-0.05, 0) is 66.3 Å². The van der Waals surface area contributed by atoms with Crippen molar-refractivity contribution in [3.8, 4) is 11.5 Å². The van der Waals surface area contributed by atoms with E-state index in [1.54, 1.807) is 12.1 Å². The number of nitrogens with two attached hydrogens (primary N) is 1. The summed E-state index contributed by atoms with van der Waals surface area (Å²) in [5.74, 6) is -1.53. The number of hydrogen-bond acceptors (Lipinski definition) is 5. The van der Waals surface area contributed by atoms with E-state index < -0.39 is 17.9 Å². The number of rotatable bonds is 10. The average molecular weight is 453 g/mol. The van der Waals surface area contributed by atoms with Crippen LogP contribution in [-0.4, -0.2) is 33.8 Å². The molecule has 6 N–H and O–H groups in total. The van der Waals surface area contributed by atoms with E-state index in [0.29, 0.717) is 18.4 Å². The molecule has 0 heterocycles. The van der Waals surface area contributed by atoms with Crippen molar-refractivity contribution in [1.82, 2.24) is 5.32 Å². The fourth-order valence-corrected chi connectivity index (χ4v) is 3.84. The number of benzene rings is 3. The Kier molecular flexibility index (Phi) is 8.03. The van der Waals surface area contributed by atoms with E-state index in [4.69, 9.17) is 5.73 Å². The lowest BCUT2D eigenvalue weighted by Gasteiger charge is -2.19. The zero-order valence-electron chi connectivity index (χ0n) is 18.4. The molecule has 0 aliphatic carbocycles. The Morgan fingerprint density at radius 1 is 0.939 bits per heavy atom. The Morgan fingerprint density at radius 2 is 1.61 bits per heavy atom. The van der Waals surface area contributed by atoms with Crippen molar-refractivity contribution in [1.29, 1.82) is 0 Å². The van der Waals surface area contributed by atoms with Gasteiger partial charge in [0.1, 0.15) is 17.3 Å². The van der Waals surface area contributed by atoms with Crippen molar-refractivity contribution in [2.24, 2.45) is 5.73 Å². The number of aliphatic hydroxyl groups excluding tert-OH is 1. The maximum atomic E-state index is 13.2. The van der Waals surface area contributed by atoms with Crippen molar-refractivity contribution >= 4 is 5.91 Å². The Bertz CT molecular complexity index is 1070. The summed E-state index contributed by atoms with van der Waals surface area (Å²) < 4.78 is 13.2. The van der Waals surface area contributed by atoms with Crippen molar-refractivity contribution in [3.05, 3.63) is 94.8 Å². The number of carbonyl (C=O) groups excluding carboxylic acids is 1. The molecular weight excluding hydrogens is 423 g/mol. The van der Waals surface area contributed by atoms with E-state index in [-0.39, 0.29) is 29.9 Å². The van der Waals surface area contributed by atoms with Gasteiger partial charge >= 0.3 is 0 Å². The number of hydrogen-bond donors (Lipinski definition) is 5. The number of nitrogens with one attached hydrogen (secondary N) is 1. The lowest BCUT2D eigenvalue weighted by Crippen LogP contribution is -2.32. The third-order valence-electron chi connectivity index (χ3n) is 5.56. The van der Waals surface area contributed by atoms with Gasteiger partial charge in [0.15, 0.2) is 0 Å². The van der Waals surface area contributed by atoms with Gasteiger partial charge in [0.2, 0.25) is 5.91 Å². The number of phenolic OH excluding ortho intramolecular Hbond substituents is 2. The molecule has 6 nitrogen and oxygen atoms in total. The van der Waals surface area contributed by atoms with E-state index in [2.05, 4.69) is 5.32 Å². The average Bonchev–Trinajstić information content (AvgIpc) is 2.76. The number of amides is 1. The highest BCUT2D eigenvalue weighted by Gasteiger charge is 2.19. The minimum Gasteiger partial charge on any atom is -0.508 e. The molecule has 3 atom stereocenters. The minimum absolute atomic E-state index is 0.00457. The third-order valence-corrected chi connectivity index (χ3v) is 5.56. The van der Waals surface area contributed by atoms with Crippen LogP contribution in [0.3, 0.4) is 0 Å². The highest BCUT2D eigenvalue weighted by molar-refractivity contribution is 5.82. The van der Waals surface area contributed by atoms with Gasteiger partial charge in [0.25, 0.3) is 0 Å². The van der Waals surface area contributed by atoms with Crippen LogP contribution in [0.1, 0.15) is 41.2 Å². The number of phenols is 2. The zero-order valence-corrected chi connectivity index (χ0v) is 18.4. The molecule has 0 aliphatic rings. The first-order valence-corrected chi connectivity index (χ1v) is 10.8. The number of carbonyl (C=O) groups is 1. The number of aliphatic hydroxyl groups is 1. The predicted octanol–water partition coefficient (Wildman–Crippen LogP) is 3.30. The van der Waals surface area contributed by atoms with Crippen molar-refractivity contribution in [3.63, 3.8) is 0 Å². The smallest absolute Gasteiger partial charge is 0.225 e. The monoisotopic (exact) mass is 452 g/mol. The zero-order chi connectivity index (χ0) is 24.0. The molecule has 3 aromatic carbocycles. The summed E-state index contributed by atoms with van der Waals surface area (Å²) >= 11 is 0. The summed E-state index contributed by atoms with van der Waals surface area (Å²) in [7, 11) is 0. The van der Waals surface area contributed by atoms with Crippen molar-refractivity contribution < 1.29 is 24.5 Å². The van der Waals surface area contributed by atoms with E-state index in [9.17, 15) is 24.5 Å². The molecule has 0 aliphatic heterocycles. The first kappa shape index (κ1) is 24.2. The molecule has 174 valence electrons. The Labute approximate surface area is 192 Å². The molecule has 0 saturated heterocycles. The molecule has 33 heavy (non-hydrogen) atoms. The second kappa shape index (κ2) is 10.9. The van der Waals surface area contributed by atoms with Crippen LogP contribution in [0.5, 0.6) is 11.5 Å². The van der Waals surface area contributed by atoms with Gasteiger partial charge in [0.05, 0.1) is 12.0 Å². The molecule has 3 unspecified atom stereocenters.